The normalized spacial score (nSPS) is 27.0. The molecule has 0 aromatic carbocycles. The molecule has 0 N–H and O–H groups in total. The molecule has 2 saturated heterocycles. The van der Waals surface area contributed by atoms with Crippen LogP contribution in [0.4, 0.5) is 0 Å². The molecule has 2 aliphatic heterocycles. The molecule has 20 heavy (non-hydrogen) atoms. The Morgan fingerprint density at radius 2 is 1.90 bits per heavy atom. The Kier molecular flexibility index (Phi) is 7.32. The molecule has 0 aromatic rings. The first kappa shape index (κ1) is 16.3. The highest BCUT2D eigenvalue weighted by atomic mass is 16.5. The van der Waals surface area contributed by atoms with Gasteiger partial charge in [-0.25, -0.2) is 0 Å². The van der Waals surface area contributed by atoms with Crippen molar-refractivity contribution in [2.75, 3.05) is 45.9 Å². The number of unbranched alkanes of at least 4 members (excludes halogenated alkanes) is 1. The zero-order valence-electron chi connectivity index (χ0n) is 13.6. The van der Waals surface area contributed by atoms with Crippen molar-refractivity contribution in [1.82, 2.24) is 9.80 Å². The van der Waals surface area contributed by atoms with Gasteiger partial charge in [0.25, 0.3) is 0 Å². The lowest BCUT2D eigenvalue weighted by Gasteiger charge is -2.34. The van der Waals surface area contributed by atoms with Crippen LogP contribution >= 0.6 is 0 Å². The molecular formula is C17H34N2O. The van der Waals surface area contributed by atoms with E-state index in [-0.39, 0.29) is 0 Å². The zero-order valence-corrected chi connectivity index (χ0v) is 13.6. The molecule has 2 atom stereocenters. The Morgan fingerprint density at radius 1 is 1.10 bits per heavy atom. The Morgan fingerprint density at radius 3 is 2.65 bits per heavy atom. The van der Waals surface area contributed by atoms with Crippen molar-refractivity contribution in [3.05, 3.63) is 0 Å². The molecule has 2 heterocycles. The second-order valence-corrected chi connectivity index (χ2v) is 6.83. The number of likely N-dealkylation sites (tertiary alicyclic amines) is 1. The Balaban J connectivity index is 1.61. The maximum Gasteiger partial charge on any atom is 0.0705 e. The van der Waals surface area contributed by atoms with Gasteiger partial charge >= 0.3 is 0 Å². The van der Waals surface area contributed by atoms with Gasteiger partial charge in [-0.2, -0.15) is 0 Å². The van der Waals surface area contributed by atoms with Crippen LogP contribution in [-0.2, 0) is 4.74 Å². The van der Waals surface area contributed by atoms with Crippen molar-refractivity contribution in [3.8, 4) is 0 Å². The molecule has 2 rings (SSSR count). The van der Waals surface area contributed by atoms with Gasteiger partial charge in [-0.3, -0.25) is 4.90 Å². The van der Waals surface area contributed by atoms with Crippen LogP contribution in [0.1, 0.15) is 52.4 Å². The molecule has 0 amide bonds. The van der Waals surface area contributed by atoms with Crippen LogP contribution in [-0.4, -0.2) is 61.8 Å². The van der Waals surface area contributed by atoms with Crippen LogP contribution in [0.3, 0.4) is 0 Å². The van der Waals surface area contributed by atoms with Gasteiger partial charge in [0.1, 0.15) is 0 Å². The summed E-state index contributed by atoms with van der Waals surface area (Å²) in [6.07, 6.45) is 8.52. The number of hydrogen-bond acceptors (Lipinski definition) is 3. The van der Waals surface area contributed by atoms with E-state index in [9.17, 15) is 0 Å². The van der Waals surface area contributed by atoms with Crippen LogP contribution in [0.15, 0.2) is 0 Å². The molecule has 2 unspecified atom stereocenters. The van der Waals surface area contributed by atoms with E-state index in [0.29, 0.717) is 6.10 Å². The third kappa shape index (κ3) is 5.71. The van der Waals surface area contributed by atoms with Gasteiger partial charge in [-0.15, -0.1) is 0 Å². The van der Waals surface area contributed by atoms with Crippen LogP contribution in [0.25, 0.3) is 0 Å². The molecular weight excluding hydrogens is 248 g/mol. The Bertz CT molecular complexity index is 253. The predicted octanol–water partition coefficient (Wildman–Crippen LogP) is 3.00. The predicted molar refractivity (Wildman–Crippen MR) is 85.2 cm³/mol. The summed E-state index contributed by atoms with van der Waals surface area (Å²) in [7, 11) is 0. The minimum Gasteiger partial charge on any atom is -0.376 e. The summed E-state index contributed by atoms with van der Waals surface area (Å²) in [4.78, 5) is 5.23. The zero-order chi connectivity index (χ0) is 14.2. The lowest BCUT2D eigenvalue weighted by atomic mass is 9.98. The fourth-order valence-electron chi connectivity index (χ4n) is 3.48. The quantitative estimate of drug-likeness (QED) is 0.680. The average Bonchev–Trinajstić information content (AvgIpc) is 2.97. The standard InChI is InChI=1S/C17H34N2O/c1-3-4-8-19-12-13-20-17(15-19)14-16(2)7-11-18-9-5-6-10-18/h16-17H,3-15H2,1-2H3. The molecule has 3 heteroatoms. The van der Waals surface area contributed by atoms with Crippen LogP contribution in [0.2, 0.25) is 0 Å². The number of ether oxygens (including phenoxy) is 1. The van der Waals surface area contributed by atoms with Gasteiger partial charge in [0.15, 0.2) is 0 Å². The summed E-state index contributed by atoms with van der Waals surface area (Å²) in [6, 6.07) is 0. The maximum atomic E-state index is 5.98. The molecule has 0 bridgehead atoms. The smallest absolute Gasteiger partial charge is 0.0705 e. The molecule has 2 aliphatic rings. The summed E-state index contributed by atoms with van der Waals surface area (Å²) in [6.45, 7) is 13.1. The molecule has 0 spiro atoms. The van der Waals surface area contributed by atoms with Gasteiger partial charge < -0.3 is 9.64 Å². The molecule has 3 nitrogen and oxygen atoms in total. The minimum absolute atomic E-state index is 0.481. The van der Waals surface area contributed by atoms with E-state index in [1.807, 2.05) is 0 Å². The van der Waals surface area contributed by atoms with Crippen molar-refractivity contribution in [2.45, 2.75) is 58.5 Å². The lowest BCUT2D eigenvalue weighted by Crippen LogP contribution is -2.43. The van der Waals surface area contributed by atoms with Crippen molar-refractivity contribution in [2.24, 2.45) is 5.92 Å². The first-order valence-corrected chi connectivity index (χ1v) is 8.84. The first-order valence-electron chi connectivity index (χ1n) is 8.84. The minimum atomic E-state index is 0.481. The van der Waals surface area contributed by atoms with E-state index in [2.05, 4.69) is 23.6 Å². The van der Waals surface area contributed by atoms with Gasteiger partial charge in [0, 0.05) is 13.1 Å². The highest BCUT2D eigenvalue weighted by Gasteiger charge is 2.22. The number of hydrogen-bond donors (Lipinski definition) is 0. The molecule has 118 valence electrons. The summed E-state index contributed by atoms with van der Waals surface area (Å²) in [5, 5.41) is 0. The van der Waals surface area contributed by atoms with E-state index in [0.717, 1.165) is 25.6 Å². The monoisotopic (exact) mass is 282 g/mol. The van der Waals surface area contributed by atoms with Crippen LogP contribution < -0.4 is 0 Å². The van der Waals surface area contributed by atoms with E-state index >= 15 is 0 Å². The van der Waals surface area contributed by atoms with Crippen molar-refractivity contribution in [3.63, 3.8) is 0 Å². The summed E-state index contributed by atoms with van der Waals surface area (Å²) >= 11 is 0. The van der Waals surface area contributed by atoms with E-state index in [4.69, 9.17) is 4.74 Å². The van der Waals surface area contributed by atoms with Gasteiger partial charge in [-0.05, 0) is 64.2 Å². The Labute approximate surface area is 125 Å². The molecule has 2 fully saturated rings. The number of nitrogens with zero attached hydrogens (tertiary/aromatic N) is 2. The lowest BCUT2D eigenvalue weighted by molar-refractivity contribution is -0.0391. The first-order chi connectivity index (χ1) is 9.78. The molecule has 0 saturated carbocycles. The second-order valence-electron chi connectivity index (χ2n) is 6.83. The molecule has 0 aromatic heterocycles. The summed E-state index contributed by atoms with van der Waals surface area (Å²) in [5.74, 6) is 0.798. The van der Waals surface area contributed by atoms with Crippen LogP contribution in [0, 0.1) is 5.92 Å². The van der Waals surface area contributed by atoms with Gasteiger partial charge in [0.2, 0.25) is 0 Å². The van der Waals surface area contributed by atoms with Gasteiger partial charge in [-0.1, -0.05) is 20.3 Å². The third-order valence-electron chi connectivity index (χ3n) is 4.85. The Hall–Kier alpha value is -0.120. The summed E-state index contributed by atoms with van der Waals surface area (Å²) < 4.78 is 5.98. The highest BCUT2D eigenvalue weighted by Crippen LogP contribution is 2.18. The largest absolute Gasteiger partial charge is 0.376 e. The fourth-order valence-corrected chi connectivity index (χ4v) is 3.48. The van der Waals surface area contributed by atoms with Crippen molar-refractivity contribution in [1.29, 1.82) is 0 Å². The van der Waals surface area contributed by atoms with Crippen LogP contribution in [0.5, 0.6) is 0 Å². The number of rotatable bonds is 8. The molecule has 0 aliphatic carbocycles. The highest BCUT2D eigenvalue weighted by molar-refractivity contribution is 4.75. The fraction of sp³-hybridized carbons (Fsp3) is 1.00. The van der Waals surface area contributed by atoms with Crippen molar-refractivity contribution < 1.29 is 4.74 Å². The van der Waals surface area contributed by atoms with E-state index in [1.54, 1.807) is 0 Å². The maximum absolute atomic E-state index is 5.98. The average molecular weight is 282 g/mol. The van der Waals surface area contributed by atoms with Gasteiger partial charge in [0.05, 0.1) is 12.7 Å². The third-order valence-corrected chi connectivity index (χ3v) is 4.85. The molecule has 0 radical (unpaired) electrons. The SMILES string of the molecule is CCCCN1CCOC(CC(C)CCN2CCCC2)C1. The van der Waals surface area contributed by atoms with Crippen molar-refractivity contribution >= 4 is 0 Å². The van der Waals surface area contributed by atoms with E-state index in [1.165, 1.54) is 64.7 Å². The second kappa shape index (κ2) is 9.01. The number of morpholine rings is 1. The van der Waals surface area contributed by atoms with E-state index < -0.39 is 0 Å². The summed E-state index contributed by atoms with van der Waals surface area (Å²) in [5.41, 5.74) is 0. The topological polar surface area (TPSA) is 15.7 Å².